The van der Waals surface area contributed by atoms with Gasteiger partial charge in [-0.05, 0) is 38.5 Å². The van der Waals surface area contributed by atoms with Crippen LogP contribution in [0.2, 0.25) is 0 Å². The van der Waals surface area contributed by atoms with Crippen molar-refractivity contribution in [1.82, 2.24) is 0 Å². The van der Waals surface area contributed by atoms with Crippen LogP contribution in [0.3, 0.4) is 0 Å². The zero-order valence-corrected chi connectivity index (χ0v) is 13.6. The lowest BCUT2D eigenvalue weighted by molar-refractivity contribution is 0.309. The van der Waals surface area contributed by atoms with E-state index in [-0.39, 0.29) is 11.0 Å². The maximum absolute atomic E-state index is 9.03. The van der Waals surface area contributed by atoms with Crippen LogP contribution in [0.5, 0.6) is 0 Å². The fourth-order valence-electron chi connectivity index (χ4n) is 2.45. The second-order valence-electron chi connectivity index (χ2n) is 6.01. The molecular weight excluding hydrogens is 286 g/mol. The molecule has 0 bridgehead atoms. The Hall–Kier alpha value is -2.98. The van der Waals surface area contributed by atoms with Gasteiger partial charge in [0.15, 0.2) is 0 Å². The molecule has 0 aromatic carbocycles. The van der Waals surface area contributed by atoms with E-state index in [4.69, 9.17) is 21.0 Å². The van der Waals surface area contributed by atoms with Crippen LogP contribution in [-0.2, 0) is 4.74 Å². The van der Waals surface area contributed by atoms with Crippen molar-refractivity contribution in [3.63, 3.8) is 0 Å². The van der Waals surface area contributed by atoms with Crippen molar-refractivity contribution in [3.05, 3.63) is 70.4 Å². The molecule has 0 fully saturated rings. The Morgan fingerprint density at radius 3 is 2.57 bits per heavy atom. The number of allylic oxidation sites excluding steroid dienone is 10. The Morgan fingerprint density at radius 1 is 1.30 bits per heavy atom. The van der Waals surface area contributed by atoms with Gasteiger partial charge in [0.25, 0.3) is 0 Å². The minimum Gasteiger partial charge on any atom is -0.460 e. The van der Waals surface area contributed by atoms with E-state index >= 15 is 0 Å². The summed E-state index contributed by atoms with van der Waals surface area (Å²) in [5.74, 6) is 1.06. The number of nitrogens with two attached hydrogens (primary N) is 1. The molecule has 1 atom stereocenters. The molecule has 2 aliphatic rings. The summed E-state index contributed by atoms with van der Waals surface area (Å²) in [4.78, 5) is 0. The van der Waals surface area contributed by atoms with Crippen molar-refractivity contribution in [2.45, 2.75) is 27.2 Å². The van der Waals surface area contributed by atoms with Gasteiger partial charge in [-0.15, -0.1) is 0 Å². The molecule has 0 radical (unpaired) electrons. The maximum Gasteiger partial charge on any atom is 0.150 e. The highest BCUT2D eigenvalue weighted by Gasteiger charge is 2.22. The van der Waals surface area contributed by atoms with Crippen molar-refractivity contribution in [2.75, 3.05) is 0 Å². The fraction of sp³-hybridized carbons (Fsp3) is 0.263. The molecule has 0 aromatic rings. The number of nitriles is 2. The molecule has 0 spiro atoms. The van der Waals surface area contributed by atoms with Crippen LogP contribution in [-0.4, -0.2) is 0 Å². The predicted octanol–water partition coefficient (Wildman–Crippen LogP) is 3.90. The number of nitrogens with zero attached hydrogens (tertiary/aromatic N) is 2. The van der Waals surface area contributed by atoms with E-state index in [1.807, 2.05) is 18.2 Å². The van der Waals surface area contributed by atoms with E-state index in [1.54, 1.807) is 19.1 Å². The lowest BCUT2D eigenvalue weighted by Gasteiger charge is -2.25. The minimum atomic E-state index is -0.181. The summed E-state index contributed by atoms with van der Waals surface area (Å²) >= 11 is 0. The molecule has 0 amide bonds. The van der Waals surface area contributed by atoms with Crippen LogP contribution in [0.4, 0.5) is 0 Å². The Kier molecular flexibility index (Phi) is 4.57. The van der Waals surface area contributed by atoms with Crippen LogP contribution in [0.15, 0.2) is 70.4 Å². The maximum atomic E-state index is 9.03. The molecule has 1 heterocycles. The first-order chi connectivity index (χ1) is 10.9. The van der Waals surface area contributed by atoms with Crippen LogP contribution >= 0.6 is 0 Å². The molecule has 0 saturated heterocycles. The third kappa shape index (κ3) is 3.81. The number of hydrogen-bond donors (Lipinski definition) is 1. The molecule has 0 aromatic heterocycles. The first-order valence-corrected chi connectivity index (χ1v) is 7.34. The summed E-state index contributed by atoms with van der Waals surface area (Å²) in [5.41, 5.74) is 8.31. The highest BCUT2D eigenvalue weighted by atomic mass is 16.5. The van der Waals surface area contributed by atoms with Crippen molar-refractivity contribution in [2.24, 2.45) is 11.1 Å². The molecule has 2 N–H and O–H groups in total. The molecule has 23 heavy (non-hydrogen) atoms. The second-order valence-corrected chi connectivity index (χ2v) is 6.01. The number of ether oxygens (including phenoxy) is 1. The topological polar surface area (TPSA) is 82.8 Å². The largest absolute Gasteiger partial charge is 0.460 e. The quantitative estimate of drug-likeness (QED) is 0.784. The summed E-state index contributed by atoms with van der Waals surface area (Å²) < 4.78 is 5.66. The highest BCUT2D eigenvalue weighted by Crippen LogP contribution is 2.33. The fourth-order valence-corrected chi connectivity index (χ4v) is 2.45. The van der Waals surface area contributed by atoms with Gasteiger partial charge in [-0.1, -0.05) is 30.7 Å². The molecule has 116 valence electrons. The highest BCUT2D eigenvalue weighted by molar-refractivity contribution is 5.54. The smallest absolute Gasteiger partial charge is 0.150 e. The first kappa shape index (κ1) is 16.4. The van der Waals surface area contributed by atoms with Gasteiger partial charge in [0, 0.05) is 11.0 Å². The second kappa shape index (κ2) is 6.42. The average Bonchev–Trinajstić information content (AvgIpc) is 2.51. The minimum absolute atomic E-state index is 0.0419. The van der Waals surface area contributed by atoms with Gasteiger partial charge in [-0.25, -0.2) is 0 Å². The van der Waals surface area contributed by atoms with Crippen LogP contribution < -0.4 is 5.73 Å². The normalized spacial score (nSPS) is 23.8. The third-order valence-corrected chi connectivity index (χ3v) is 3.79. The van der Waals surface area contributed by atoms with Gasteiger partial charge in [0.2, 0.25) is 0 Å². The molecule has 0 saturated carbocycles. The monoisotopic (exact) mass is 305 g/mol. The SMILES string of the molecule is CC1=CCC(C)(C=C(N)C2=CC(=C(C#N)C#N)C=C(C)O2)C=C1. The van der Waals surface area contributed by atoms with Crippen LogP contribution in [0.1, 0.15) is 27.2 Å². The number of hydrogen-bond acceptors (Lipinski definition) is 4. The van der Waals surface area contributed by atoms with Crippen molar-refractivity contribution in [3.8, 4) is 12.1 Å². The average molecular weight is 305 g/mol. The van der Waals surface area contributed by atoms with Gasteiger partial charge in [0.05, 0.1) is 5.70 Å². The summed E-state index contributed by atoms with van der Waals surface area (Å²) in [6.45, 7) is 5.92. The van der Waals surface area contributed by atoms with Gasteiger partial charge in [-0.3, -0.25) is 0 Å². The molecule has 1 aliphatic carbocycles. The standard InChI is InChI=1S/C19H19N3O/c1-13-4-6-19(3,7-5-13)10-17(22)18-9-15(8-14(2)23-18)16(11-20)12-21/h4-6,8-10H,7,22H2,1-3H3. The Bertz CT molecular complexity index is 775. The van der Waals surface area contributed by atoms with E-state index in [0.29, 0.717) is 22.8 Å². The zero-order chi connectivity index (χ0) is 17.0. The Balaban J connectivity index is 2.37. The van der Waals surface area contributed by atoms with E-state index in [1.165, 1.54) is 5.57 Å². The van der Waals surface area contributed by atoms with E-state index < -0.39 is 0 Å². The van der Waals surface area contributed by atoms with Crippen molar-refractivity contribution >= 4 is 0 Å². The third-order valence-electron chi connectivity index (χ3n) is 3.79. The van der Waals surface area contributed by atoms with E-state index in [2.05, 4.69) is 32.1 Å². The van der Waals surface area contributed by atoms with E-state index in [0.717, 1.165) is 6.42 Å². The molecule has 4 nitrogen and oxygen atoms in total. The van der Waals surface area contributed by atoms with Gasteiger partial charge < -0.3 is 10.5 Å². The number of rotatable bonds is 2. The Labute approximate surface area is 136 Å². The summed E-state index contributed by atoms with van der Waals surface area (Å²) in [5, 5.41) is 18.1. The van der Waals surface area contributed by atoms with Crippen molar-refractivity contribution in [1.29, 1.82) is 10.5 Å². The molecular formula is C19H19N3O. The lowest BCUT2D eigenvalue weighted by Crippen LogP contribution is -2.16. The van der Waals surface area contributed by atoms with Crippen LogP contribution in [0.25, 0.3) is 0 Å². The van der Waals surface area contributed by atoms with Gasteiger partial charge in [0.1, 0.15) is 29.2 Å². The predicted molar refractivity (Wildman–Crippen MR) is 89.1 cm³/mol. The van der Waals surface area contributed by atoms with Crippen molar-refractivity contribution < 1.29 is 4.74 Å². The summed E-state index contributed by atoms with van der Waals surface area (Å²) in [6, 6.07) is 3.78. The molecule has 1 aliphatic heterocycles. The molecule has 4 heteroatoms. The summed E-state index contributed by atoms with van der Waals surface area (Å²) in [6.07, 6.45) is 12.5. The van der Waals surface area contributed by atoms with Gasteiger partial charge in [-0.2, -0.15) is 10.5 Å². The van der Waals surface area contributed by atoms with Gasteiger partial charge >= 0.3 is 0 Å². The molecule has 2 rings (SSSR count). The van der Waals surface area contributed by atoms with E-state index in [9.17, 15) is 0 Å². The first-order valence-electron chi connectivity index (χ1n) is 7.34. The van der Waals surface area contributed by atoms with Crippen LogP contribution in [0, 0.1) is 28.1 Å². The zero-order valence-electron chi connectivity index (χ0n) is 13.6. The Morgan fingerprint density at radius 2 is 2.00 bits per heavy atom. The lowest BCUT2D eigenvalue weighted by atomic mass is 9.81. The molecule has 1 unspecified atom stereocenters. The summed E-state index contributed by atoms with van der Waals surface area (Å²) in [7, 11) is 0.